The van der Waals surface area contributed by atoms with Crippen LogP contribution in [0.25, 0.3) is 11.4 Å². The molecule has 20 heavy (non-hydrogen) atoms. The van der Waals surface area contributed by atoms with Crippen molar-refractivity contribution in [2.24, 2.45) is 0 Å². The topological polar surface area (TPSA) is 64.2 Å². The zero-order valence-electron chi connectivity index (χ0n) is 11.5. The largest absolute Gasteiger partial charge is 0.497 e. The summed E-state index contributed by atoms with van der Waals surface area (Å²) in [6.07, 6.45) is 2.68. The Morgan fingerprint density at radius 3 is 2.80 bits per heavy atom. The number of fused-ring (bicyclic) bond motifs is 1. The second-order valence-corrected chi connectivity index (χ2v) is 4.76. The van der Waals surface area contributed by atoms with Gasteiger partial charge in [-0.25, -0.2) is 4.98 Å². The van der Waals surface area contributed by atoms with Crippen molar-refractivity contribution in [3.8, 4) is 22.9 Å². The third kappa shape index (κ3) is 2.05. The van der Waals surface area contributed by atoms with Crippen LogP contribution in [0.4, 0.5) is 0 Å². The summed E-state index contributed by atoms with van der Waals surface area (Å²) in [5, 5.41) is 0. The van der Waals surface area contributed by atoms with Crippen LogP contribution in [-0.4, -0.2) is 24.2 Å². The normalized spacial score (nSPS) is 13.1. The molecule has 104 valence electrons. The Hall–Kier alpha value is -2.30. The van der Waals surface area contributed by atoms with Crippen LogP contribution in [0.2, 0.25) is 0 Å². The van der Waals surface area contributed by atoms with Crippen LogP contribution in [0.1, 0.15) is 17.7 Å². The molecular weight excluding hydrogens is 256 g/mol. The number of ether oxygens (including phenoxy) is 2. The molecule has 1 N–H and O–H groups in total. The number of rotatable bonds is 3. The summed E-state index contributed by atoms with van der Waals surface area (Å²) in [6.45, 7) is 0. The Kier molecular flexibility index (Phi) is 3.18. The molecule has 0 amide bonds. The van der Waals surface area contributed by atoms with E-state index < -0.39 is 0 Å². The number of nitrogens with zero attached hydrogens (tertiary/aromatic N) is 1. The predicted octanol–water partition coefficient (Wildman–Crippen LogP) is 1.94. The van der Waals surface area contributed by atoms with Crippen molar-refractivity contribution in [3.63, 3.8) is 0 Å². The van der Waals surface area contributed by atoms with Gasteiger partial charge in [0.1, 0.15) is 17.3 Å². The van der Waals surface area contributed by atoms with E-state index in [-0.39, 0.29) is 5.56 Å². The molecule has 1 aliphatic rings. The summed E-state index contributed by atoms with van der Waals surface area (Å²) < 4.78 is 10.5. The van der Waals surface area contributed by atoms with E-state index in [9.17, 15) is 4.79 Å². The van der Waals surface area contributed by atoms with Gasteiger partial charge in [0.05, 0.1) is 25.5 Å². The molecule has 1 heterocycles. The summed E-state index contributed by atoms with van der Waals surface area (Å²) in [6, 6.07) is 5.45. The van der Waals surface area contributed by atoms with Gasteiger partial charge in [-0.2, -0.15) is 0 Å². The van der Waals surface area contributed by atoms with Crippen molar-refractivity contribution in [1.29, 1.82) is 0 Å². The molecule has 0 atom stereocenters. The second kappa shape index (κ2) is 5.00. The number of aryl methyl sites for hydroxylation is 1. The highest BCUT2D eigenvalue weighted by Gasteiger charge is 2.19. The molecule has 1 aromatic carbocycles. The lowest BCUT2D eigenvalue weighted by molar-refractivity contribution is 0.395. The number of nitrogens with one attached hydrogen (secondary N) is 1. The average Bonchev–Trinajstić information content (AvgIpc) is 2.95. The van der Waals surface area contributed by atoms with Crippen LogP contribution in [0, 0.1) is 0 Å². The van der Waals surface area contributed by atoms with Crippen molar-refractivity contribution in [1.82, 2.24) is 9.97 Å². The molecule has 1 aromatic heterocycles. The Balaban J connectivity index is 2.14. The lowest BCUT2D eigenvalue weighted by Gasteiger charge is -2.10. The van der Waals surface area contributed by atoms with E-state index in [0.29, 0.717) is 17.3 Å². The highest BCUT2D eigenvalue weighted by molar-refractivity contribution is 5.66. The number of methoxy groups -OCH3 is 2. The number of hydrogen-bond donors (Lipinski definition) is 1. The van der Waals surface area contributed by atoms with Crippen LogP contribution >= 0.6 is 0 Å². The van der Waals surface area contributed by atoms with Crippen LogP contribution in [0.15, 0.2) is 23.0 Å². The molecule has 0 fully saturated rings. The molecule has 1 aliphatic carbocycles. The first-order valence-corrected chi connectivity index (χ1v) is 6.57. The van der Waals surface area contributed by atoms with E-state index in [2.05, 4.69) is 9.97 Å². The third-order valence-corrected chi connectivity index (χ3v) is 3.61. The van der Waals surface area contributed by atoms with Gasteiger partial charge in [-0.15, -0.1) is 0 Å². The molecule has 0 saturated heterocycles. The standard InChI is InChI=1S/C15H16N2O3/c1-19-9-6-7-11(13(8-9)20-2)14-16-12-5-3-4-10(12)15(18)17-14/h6-8H,3-5H2,1-2H3,(H,16,17,18). The molecule has 5 heteroatoms. The Labute approximate surface area is 116 Å². The molecule has 0 radical (unpaired) electrons. The summed E-state index contributed by atoms with van der Waals surface area (Å²) in [5.41, 5.74) is 2.45. The Morgan fingerprint density at radius 1 is 1.20 bits per heavy atom. The number of H-pyrrole nitrogens is 1. The minimum Gasteiger partial charge on any atom is -0.497 e. The molecule has 0 bridgehead atoms. The number of aromatic amines is 1. The molecule has 0 saturated carbocycles. The minimum absolute atomic E-state index is 0.0413. The van der Waals surface area contributed by atoms with Gasteiger partial charge in [-0.1, -0.05) is 0 Å². The average molecular weight is 272 g/mol. The molecule has 0 unspecified atom stereocenters. The quantitative estimate of drug-likeness (QED) is 0.927. The van der Waals surface area contributed by atoms with Crippen molar-refractivity contribution in [2.75, 3.05) is 14.2 Å². The summed E-state index contributed by atoms with van der Waals surface area (Å²) in [7, 11) is 3.19. The van der Waals surface area contributed by atoms with E-state index in [0.717, 1.165) is 36.1 Å². The van der Waals surface area contributed by atoms with Crippen LogP contribution in [-0.2, 0) is 12.8 Å². The van der Waals surface area contributed by atoms with Crippen molar-refractivity contribution < 1.29 is 9.47 Å². The third-order valence-electron chi connectivity index (χ3n) is 3.61. The first-order valence-electron chi connectivity index (χ1n) is 6.57. The zero-order valence-corrected chi connectivity index (χ0v) is 11.5. The summed E-state index contributed by atoms with van der Waals surface area (Å²) >= 11 is 0. The fraction of sp³-hybridized carbons (Fsp3) is 0.333. The maximum atomic E-state index is 12.1. The number of benzene rings is 1. The van der Waals surface area contributed by atoms with E-state index in [1.165, 1.54) is 0 Å². The van der Waals surface area contributed by atoms with Gasteiger partial charge in [0.25, 0.3) is 5.56 Å². The van der Waals surface area contributed by atoms with E-state index in [4.69, 9.17) is 9.47 Å². The zero-order chi connectivity index (χ0) is 14.1. The van der Waals surface area contributed by atoms with E-state index in [1.807, 2.05) is 12.1 Å². The van der Waals surface area contributed by atoms with Crippen LogP contribution < -0.4 is 15.0 Å². The first kappa shape index (κ1) is 12.7. The van der Waals surface area contributed by atoms with Gasteiger partial charge in [0.2, 0.25) is 0 Å². The smallest absolute Gasteiger partial charge is 0.254 e. The molecule has 2 aromatic rings. The molecule has 0 spiro atoms. The highest BCUT2D eigenvalue weighted by atomic mass is 16.5. The SMILES string of the molecule is COc1ccc(-c2nc3c(c(=O)[nH]2)CCC3)c(OC)c1. The molecule has 0 aliphatic heterocycles. The Bertz CT molecular complexity index is 707. The molecular formula is C15H16N2O3. The van der Waals surface area contributed by atoms with Gasteiger partial charge in [0.15, 0.2) is 0 Å². The first-order chi connectivity index (χ1) is 9.72. The van der Waals surface area contributed by atoms with Gasteiger partial charge in [-0.3, -0.25) is 4.79 Å². The van der Waals surface area contributed by atoms with Crippen LogP contribution in [0.3, 0.4) is 0 Å². The van der Waals surface area contributed by atoms with Crippen molar-refractivity contribution in [3.05, 3.63) is 39.8 Å². The monoisotopic (exact) mass is 272 g/mol. The lowest BCUT2D eigenvalue weighted by atomic mass is 10.1. The summed E-state index contributed by atoms with van der Waals surface area (Å²) in [5.74, 6) is 1.88. The second-order valence-electron chi connectivity index (χ2n) is 4.76. The van der Waals surface area contributed by atoms with Gasteiger partial charge in [-0.05, 0) is 31.4 Å². The molecule has 3 rings (SSSR count). The fourth-order valence-corrected chi connectivity index (χ4v) is 2.56. The number of aromatic nitrogens is 2. The van der Waals surface area contributed by atoms with Crippen LogP contribution in [0.5, 0.6) is 11.5 Å². The maximum absolute atomic E-state index is 12.1. The van der Waals surface area contributed by atoms with E-state index in [1.54, 1.807) is 20.3 Å². The minimum atomic E-state index is -0.0413. The van der Waals surface area contributed by atoms with Gasteiger partial charge in [0, 0.05) is 11.6 Å². The fourth-order valence-electron chi connectivity index (χ4n) is 2.56. The lowest BCUT2D eigenvalue weighted by Crippen LogP contribution is -2.15. The molecule has 5 nitrogen and oxygen atoms in total. The van der Waals surface area contributed by atoms with E-state index >= 15 is 0 Å². The summed E-state index contributed by atoms with van der Waals surface area (Å²) in [4.78, 5) is 19.5. The maximum Gasteiger partial charge on any atom is 0.254 e. The number of hydrogen-bond acceptors (Lipinski definition) is 4. The Morgan fingerprint density at radius 2 is 2.05 bits per heavy atom. The highest BCUT2D eigenvalue weighted by Crippen LogP contribution is 2.31. The van der Waals surface area contributed by atoms with Crippen molar-refractivity contribution >= 4 is 0 Å². The van der Waals surface area contributed by atoms with Crippen molar-refractivity contribution in [2.45, 2.75) is 19.3 Å². The predicted molar refractivity (Wildman–Crippen MR) is 75.4 cm³/mol. The van der Waals surface area contributed by atoms with Gasteiger partial charge >= 0.3 is 0 Å². The van der Waals surface area contributed by atoms with Gasteiger partial charge < -0.3 is 14.5 Å².